The summed E-state index contributed by atoms with van der Waals surface area (Å²) >= 11 is 1.47. The Bertz CT molecular complexity index is 512. The van der Waals surface area contributed by atoms with Gasteiger partial charge in [-0.05, 0) is 20.6 Å². The molecule has 1 aromatic carbocycles. The van der Waals surface area contributed by atoms with Crippen LogP contribution < -0.4 is 5.73 Å². The standard InChI is InChI=1S/C10H10N2S.C4H7N/c1-7-2-4-8(5-3-7)9-6-13-10(11)12-9;1-3-4-5-2/h2-6H,1H3,(H2,11,12);3-4H,2H2,1H3/b;4-3-. The molecule has 0 saturated heterocycles. The Morgan fingerprint density at radius 2 is 2.00 bits per heavy atom. The summed E-state index contributed by atoms with van der Waals surface area (Å²) in [7, 11) is 0. The molecule has 0 saturated carbocycles. The number of aryl methyl sites for hydroxylation is 1. The molecule has 2 aromatic rings. The number of anilines is 1. The molecule has 94 valence electrons. The SMILES string of the molecule is C=N/C=C\C.Cc1ccc(-c2csc(N)n2)cc1. The monoisotopic (exact) mass is 259 g/mol. The van der Waals surface area contributed by atoms with Gasteiger partial charge in [0.25, 0.3) is 0 Å². The molecule has 2 rings (SSSR count). The van der Waals surface area contributed by atoms with Crippen molar-refractivity contribution >= 4 is 23.2 Å². The van der Waals surface area contributed by atoms with Crippen LogP contribution in [0.25, 0.3) is 11.3 Å². The lowest BCUT2D eigenvalue weighted by molar-refractivity contribution is 1.39. The number of rotatable bonds is 2. The second kappa shape index (κ2) is 7.40. The van der Waals surface area contributed by atoms with Crippen LogP contribution in [0.15, 0.2) is 46.9 Å². The lowest BCUT2D eigenvalue weighted by Gasteiger charge is -1.96. The van der Waals surface area contributed by atoms with Crippen molar-refractivity contribution in [3.8, 4) is 11.3 Å². The van der Waals surface area contributed by atoms with Gasteiger partial charge in [0.2, 0.25) is 0 Å². The number of nitrogens with two attached hydrogens (primary N) is 1. The molecule has 0 unspecified atom stereocenters. The third-order valence-corrected chi connectivity index (χ3v) is 2.80. The molecule has 0 amide bonds. The van der Waals surface area contributed by atoms with Gasteiger partial charge in [0.15, 0.2) is 5.13 Å². The van der Waals surface area contributed by atoms with Gasteiger partial charge in [-0.3, -0.25) is 4.99 Å². The van der Waals surface area contributed by atoms with Crippen molar-refractivity contribution in [2.24, 2.45) is 4.99 Å². The number of aromatic nitrogens is 1. The van der Waals surface area contributed by atoms with Gasteiger partial charge >= 0.3 is 0 Å². The van der Waals surface area contributed by atoms with E-state index in [1.54, 1.807) is 6.20 Å². The van der Waals surface area contributed by atoms with Gasteiger partial charge in [-0.15, -0.1) is 11.3 Å². The second-order valence-corrected chi connectivity index (χ2v) is 4.49. The number of hydrogen-bond acceptors (Lipinski definition) is 4. The normalized spacial score (nSPS) is 9.89. The number of allylic oxidation sites excluding steroid dienone is 1. The van der Waals surface area contributed by atoms with Crippen LogP contribution in [0.1, 0.15) is 12.5 Å². The van der Waals surface area contributed by atoms with E-state index in [9.17, 15) is 0 Å². The first-order chi connectivity index (χ1) is 8.67. The Hall–Kier alpha value is -1.94. The lowest BCUT2D eigenvalue weighted by Crippen LogP contribution is -1.82. The lowest BCUT2D eigenvalue weighted by atomic mass is 10.1. The first-order valence-corrected chi connectivity index (χ1v) is 6.40. The fourth-order valence-electron chi connectivity index (χ4n) is 1.25. The molecule has 4 heteroatoms. The van der Waals surface area contributed by atoms with Gasteiger partial charge in [0.05, 0.1) is 5.69 Å². The van der Waals surface area contributed by atoms with Gasteiger partial charge in [0, 0.05) is 17.1 Å². The molecule has 0 radical (unpaired) electrons. The number of aliphatic imine (C=N–C) groups is 1. The molecule has 0 fully saturated rings. The van der Waals surface area contributed by atoms with Gasteiger partial charge in [0.1, 0.15) is 0 Å². The van der Waals surface area contributed by atoms with Gasteiger partial charge in [-0.25, -0.2) is 4.98 Å². The Morgan fingerprint density at radius 1 is 1.33 bits per heavy atom. The number of hydrogen-bond donors (Lipinski definition) is 1. The Labute approximate surface area is 112 Å². The van der Waals surface area contributed by atoms with Crippen LogP contribution in [-0.4, -0.2) is 11.7 Å². The molecule has 0 aliphatic heterocycles. The summed E-state index contributed by atoms with van der Waals surface area (Å²) in [5.74, 6) is 0. The quantitative estimate of drug-likeness (QED) is 0.831. The highest BCUT2D eigenvalue weighted by atomic mass is 32.1. The minimum atomic E-state index is 0.621. The second-order valence-electron chi connectivity index (χ2n) is 3.60. The van der Waals surface area contributed by atoms with E-state index in [1.807, 2.05) is 18.4 Å². The zero-order chi connectivity index (χ0) is 13.4. The highest BCUT2D eigenvalue weighted by molar-refractivity contribution is 7.13. The summed E-state index contributed by atoms with van der Waals surface area (Å²) in [6.07, 6.45) is 3.47. The zero-order valence-electron chi connectivity index (χ0n) is 10.6. The van der Waals surface area contributed by atoms with Gasteiger partial charge in [-0.1, -0.05) is 35.9 Å². The Morgan fingerprint density at radius 3 is 2.39 bits per heavy atom. The van der Waals surface area contributed by atoms with Crippen LogP contribution in [0.4, 0.5) is 5.13 Å². The fourth-order valence-corrected chi connectivity index (χ4v) is 1.82. The molecule has 18 heavy (non-hydrogen) atoms. The molecule has 0 spiro atoms. The maximum Gasteiger partial charge on any atom is 0.180 e. The van der Waals surface area contributed by atoms with Crippen LogP contribution in [0.3, 0.4) is 0 Å². The van der Waals surface area contributed by atoms with Crippen LogP contribution in [0.2, 0.25) is 0 Å². The zero-order valence-corrected chi connectivity index (χ0v) is 11.4. The van der Waals surface area contributed by atoms with Gasteiger partial charge < -0.3 is 5.73 Å². The number of nitrogens with zero attached hydrogens (tertiary/aromatic N) is 2. The first kappa shape index (κ1) is 14.1. The van der Waals surface area contributed by atoms with Crippen LogP contribution >= 0.6 is 11.3 Å². The molecule has 3 nitrogen and oxygen atoms in total. The largest absolute Gasteiger partial charge is 0.375 e. The summed E-state index contributed by atoms with van der Waals surface area (Å²) in [5.41, 5.74) is 8.89. The van der Waals surface area contributed by atoms with E-state index in [0.29, 0.717) is 5.13 Å². The molecule has 0 aliphatic carbocycles. The van der Waals surface area contributed by atoms with E-state index in [0.717, 1.165) is 11.3 Å². The summed E-state index contributed by atoms with van der Waals surface area (Å²) in [5, 5.41) is 2.59. The van der Waals surface area contributed by atoms with Crippen molar-refractivity contribution in [3.63, 3.8) is 0 Å². The molecule has 0 aliphatic rings. The summed E-state index contributed by atoms with van der Waals surface area (Å²) in [4.78, 5) is 7.63. The number of benzene rings is 1. The average molecular weight is 259 g/mol. The average Bonchev–Trinajstić information content (AvgIpc) is 2.79. The van der Waals surface area contributed by atoms with Crippen molar-refractivity contribution < 1.29 is 0 Å². The summed E-state index contributed by atoms with van der Waals surface area (Å²) < 4.78 is 0. The molecule has 2 N–H and O–H groups in total. The maximum absolute atomic E-state index is 5.55. The Kier molecular flexibility index (Phi) is 5.80. The molecular weight excluding hydrogens is 242 g/mol. The maximum atomic E-state index is 5.55. The van der Waals surface area contributed by atoms with Crippen molar-refractivity contribution in [1.82, 2.24) is 4.98 Å². The van der Waals surface area contributed by atoms with Crippen LogP contribution in [0, 0.1) is 6.92 Å². The fraction of sp³-hybridized carbons (Fsp3) is 0.143. The van der Waals surface area contributed by atoms with Crippen molar-refractivity contribution in [3.05, 3.63) is 47.5 Å². The van der Waals surface area contributed by atoms with Gasteiger partial charge in [-0.2, -0.15) is 0 Å². The molecule has 0 atom stereocenters. The third kappa shape index (κ3) is 4.51. The predicted octanol–water partition coefficient (Wildman–Crippen LogP) is 3.92. The number of thiazole rings is 1. The van der Waals surface area contributed by atoms with E-state index >= 15 is 0 Å². The highest BCUT2D eigenvalue weighted by Gasteiger charge is 2.00. The topological polar surface area (TPSA) is 51.3 Å². The van der Waals surface area contributed by atoms with Crippen molar-refractivity contribution in [2.45, 2.75) is 13.8 Å². The summed E-state index contributed by atoms with van der Waals surface area (Å²) in [6.45, 7) is 7.18. The third-order valence-electron chi connectivity index (χ3n) is 2.12. The molecule has 0 bridgehead atoms. The van der Waals surface area contributed by atoms with E-state index in [-0.39, 0.29) is 0 Å². The van der Waals surface area contributed by atoms with E-state index in [1.165, 1.54) is 16.9 Å². The van der Waals surface area contributed by atoms with E-state index in [4.69, 9.17) is 5.73 Å². The van der Waals surface area contributed by atoms with Crippen LogP contribution in [0.5, 0.6) is 0 Å². The van der Waals surface area contributed by atoms with E-state index < -0.39 is 0 Å². The Balaban J connectivity index is 0.000000280. The van der Waals surface area contributed by atoms with E-state index in [2.05, 4.69) is 47.9 Å². The summed E-state index contributed by atoms with van der Waals surface area (Å²) in [6, 6.07) is 8.27. The highest BCUT2D eigenvalue weighted by Crippen LogP contribution is 2.22. The smallest absolute Gasteiger partial charge is 0.180 e. The number of nitrogen functional groups attached to an aromatic ring is 1. The molecular formula is C14H17N3S. The molecule has 1 aromatic heterocycles. The van der Waals surface area contributed by atoms with Crippen molar-refractivity contribution in [1.29, 1.82) is 0 Å². The minimum Gasteiger partial charge on any atom is -0.375 e. The predicted molar refractivity (Wildman–Crippen MR) is 81.1 cm³/mol. The minimum absolute atomic E-state index is 0.621. The van der Waals surface area contributed by atoms with Crippen molar-refractivity contribution in [2.75, 3.05) is 5.73 Å². The van der Waals surface area contributed by atoms with Crippen LogP contribution in [-0.2, 0) is 0 Å². The first-order valence-electron chi connectivity index (χ1n) is 5.52. The molecule has 1 heterocycles.